The Morgan fingerprint density at radius 1 is 0.743 bits per heavy atom. The van der Waals surface area contributed by atoms with Crippen LogP contribution in [0.25, 0.3) is 0 Å². The van der Waals surface area contributed by atoms with Gasteiger partial charge in [0.05, 0.1) is 13.2 Å². The molecular formula is C28H29N5O2. The molecule has 0 spiro atoms. The molecule has 0 aliphatic carbocycles. The molecule has 1 fully saturated rings. The Kier molecular flexibility index (Phi) is 6.77. The van der Waals surface area contributed by atoms with Gasteiger partial charge in [-0.05, 0) is 23.3 Å². The molecule has 2 heterocycles. The minimum atomic E-state index is 0.201. The van der Waals surface area contributed by atoms with Gasteiger partial charge in [0.2, 0.25) is 5.88 Å². The van der Waals surface area contributed by atoms with E-state index in [1.807, 2.05) is 24.3 Å². The number of piperazine rings is 1. The number of aromatic nitrogens is 2. The van der Waals surface area contributed by atoms with Crippen molar-refractivity contribution in [2.45, 2.75) is 6.04 Å². The van der Waals surface area contributed by atoms with Crippen LogP contribution in [0, 0.1) is 0 Å². The van der Waals surface area contributed by atoms with E-state index in [4.69, 9.17) is 15.2 Å². The Morgan fingerprint density at radius 3 is 1.91 bits per heavy atom. The summed E-state index contributed by atoms with van der Waals surface area (Å²) in [6.07, 6.45) is 1.50. The average Bonchev–Trinajstić information content (AvgIpc) is 2.92. The molecule has 1 saturated heterocycles. The van der Waals surface area contributed by atoms with Crippen molar-refractivity contribution < 1.29 is 9.47 Å². The number of ether oxygens (including phenoxy) is 2. The molecule has 0 atom stereocenters. The van der Waals surface area contributed by atoms with E-state index >= 15 is 0 Å². The number of rotatable bonds is 7. The topological polar surface area (TPSA) is 76.7 Å². The summed E-state index contributed by atoms with van der Waals surface area (Å²) in [6.45, 7) is 3.35. The number of nitrogens with zero attached hydrogens (tertiary/aromatic N) is 4. The number of methoxy groups -OCH3 is 1. The number of hydrogen-bond donors (Lipinski definition) is 1. The van der Waals surface area contributed by atoms with E-state index in [-0.39, 0.29) is 6.04 Å². The second-order valence-electron chi connectivity index (χ2n) is 8.42. The van der Waals surface area contributed by atoms with Crippen LogP contribution >= 0.6 is 0 Å². The van der Waals surface area contributed by atoms with Gasteiger partial charge in [0.25, 0.3) is 0 Å². The summed E-state index contributed by atoms with van der Waals surface area (Å²) in [5.41, 5.74) is 9.50. The van der Waals surface area contributed by atoms with E-state index in [0.717, 1.165) is 26.2 Å². The quantitative estimate of drug-likeness (QED) is 0.419. The van der Waals surface area contributed by atoms with Gasteiger partial charge in [0.1, 0.15) is 12.0 Å². The van der Waals surface area contributed by atoms with Crippen LogP contribution in [-0.4, -0.2) is 48.2 Å². The molecule has 0 unspecified atom stereocenters. The van der Waals surface area contributed by atoms with E-state index in [0.29, 0.717) is 28.9 Å². The fraction of sp³-hybridized carbons (Fsp3) is 0.214. The Hall–Kier alpha value is -4.10. The lowest BCUT2D eigenvalue weighted by Gasteiger charge is -2.40. The highest BCUT2D eigenvalue weighted by atomic mass is 16.5. The van der Waals surface area contributed by atoms with E-state index in [2.05, 4.69) is 80.4 Å². The van der Waals surface area contributed by atoms with Crippen LogP contribution in [0.2, 0.25) is 0 Å². The van der Waals surface area contributed by atoms with Gasteiger partial charge >= 0.3 is 0 Å². The Morgan fingerprint density at radius 2 is 1.31 bits per heavy atom. The normalized spacial score (nSPS) is 14.2. The monoisotopic (exact) mass is 467 g/mol. The van der Waals surface area contributed by atoms with Crippen molar-refractivity contribution in [2.75, 3.05) is 43.9 Å². The fourth-order valence-electron chi connectivity index (χ4n) is 4.59. The molecule has 1 aliphatic heterocycles. The summed E-state index contributed by atoms with van der Waals surface area (Å²) in [5, 5.41) is 0. The van der Waals surface area contributed by atoms with Gasteiger partial charge in [-0.1, -0.05) is 72.8 Å². The minimum absolute atomic E-state index is 0.201. The van der Waals surface area contributed by atoms with Crippen LogP contribution in [0.15, 0.2) is 91.3 Å². The van der Waals surface area contributed by atoms with Gasteiger partial charge in [-0.25, -0.2) is 4.98 Å². The summed E-state index contributed by atoms with van der Waals surface area (Å²) in [6, 6.07) is 29.0. The summed E-state index contributed by atoms with van der Waals surface area (Å²) in [5.74, 6) is 2.20. The maximum atomic E-state index is 6.48. The molecule has 0 bridgehead atoms. The van der Waals surface area contributed by atoms with Gasteiger partial charge in [0, 0.05) is 26.2 Å². The third kappa shape index (κ3) is 4.90. The van der Waals surface area contributed by atoms with Gasteiger partial charge in [0.15, 0.2) is 17.3 Å². The minimum Gasteiger partial charge on any atom is -0.493 e. The first-order chi connectivity index (χ1) is 17.2. The van der Waals surface area contributed by atoms with E-state index < -0.39 is 0 Å². The fourth-order valence-corrected chi connectivity index (χ4v) is 4.59. The Balaban J connectivity index is 1.34. The second-order valence-corrected chi connectivity index (χ2v) is 8.42. The highest BCUT2D eigenvalue weighted by Gasteiger charge is 2.28. The van der Waals surface area contributed by atoms with Crippen molar-refractivity contribution in [3.05, 3.63) is 102 Å². The highest BCUT2D eigenvalue weighted by molar-refractivity contribution is 5.68. The van der Waals surface area contributed by atoms with Gasteiger partial charge < -0.3 is 20.1 Å². The molecule has 0 amide bonds. The molecule has 1 aliphatic rings. The molecule has 4 aromatic rings. The van der Waals surface area contributed by atoms with Crippen LogP contribution < -0.4 is 20.1 Å². The van der Waals surface area contributed by atoms with Crippen LogP contribution in [-0.2, 0) is 0 Å². The second kappa shape index (κ2) is 10.4. The van der Waals surface area contributed by atoms with Crippen LogP contribution in [0.4, 0.5) is 11.5 Å². The number of nitrogens with two attached hydrogens (primary N) is 1. The lowest BCUT2D eigenvalue weighted by atomic mass is 9.96. The summed E-state index contributed by atoms with van der Waals surface area (Å²) >= 11 is 0. The predicted octanol–water partition coefficient (Wildman–Crippen LogP) is 4.77. The summed E-state index contributed by atoms with van der Waals surface area (Å²) in [4.78, 5) is 13.5. The first kappa shape index (κ1) is 22.7. The molecule has 35 heavy (non-hydrogen) atoms. The smallest absolute Gasteiger partial charge is 0.248 e. The first-order valence-corrected chi connectivity index (χ1v) is 11.7. The Bertz CT molecular complexity index is 1210. The van der Waals surface area contributed by atoms with Crippen molar-refractivity contribution in [1.82, 2.24) is 14.9 Å². The zero-order chi connectivity index (χ0) is 24.0. The Labute approximate surface area is 205 Å². The summed E-state index contributed by atoms with van der Waals surface area (Å²) < 4.78 is 11.4. The van der Waals surface area contributed by atoms with E-state index in [1.165, 1.54) is 17.5 Å². The molecule has 178 valence electrons. The molecule has 7 nitrogen and oxygen atoms in total. The summed E-state index contributed by atoms with van der Waals surface area (Å²) in [7, 11) is 1.61. The zero-order valence-electron chi connectivity index (χ0n) is 19.7. The third-order valence-corrected chi connectivity index (χ3v) is 6.31. The predicted molar refractivity (Wildman–Crippen MR) is 138 cm³/mol. The lowest BCUT2D eigenvalue weighted by molar-refractivity contribution is 0.212. The molecule has 5 rings (SSSR count). The standard InChI is InChI=1S/C28H29N5O2/c1-34-23-14-8-9-15-24(23)35-28-25(29)27(30-20-31-28)33-18-16-32(17-19-33)26(21-10-4-2-5-11-21)22-12-6-3-7-13-22/h2-15,20,26H,16-19,29H2,1H3. The molecule has 2 N–H and O–H groups in total. The van der Waals surface area contributed by atoms with Crippen LogP contribution in [0.5, 0.6) is 17.4 Å². The molecule has 0 radical (unpaired) electrons. The van der Waals surface area contributed by atoms with Crippen LogP contribution in [0.3, 0.4) is 0 Å². The molecule has 1 aromatic heterocycles. The largest absolute Gasteiger partial charge is 0.493 e. The maximum absolute atomic E-state index is 6.48. The molecule has 7 heteroatoms. The molecule has 3 aromatic carbocycles. The third-order valence-electron chi connectivity index (χ3n) is 6.31. The number of benzene rings is 3. The van der Waals surface area contributed by atoms with Gasteiger partial charge in [-0.3, -0.25) is 4.90 Å². The average molecular weight is 468 g/mol. The molecule has 0 saturated carbocycles. The maximum Gasteiger partial charge on any atom is 0.248 e. The molecular weight excluding hydrogens is 438 g/mol. The number of anilines is 2. The van der Waals surface area contributed by atoms with Gasteiger partial charge in [-0.15, -0.1) is 0 Å². The van der Waals surface area contributed by atoms with Crippen molar-refractivity contribution in [3.8, 4) is 17.4 Å². The van der Waals surface area contributed by atoms with E-state index in [1.54, 1.807) is 7.11 Å². The van der Waals surface area contributed by atoms with Crippen molar-refractivity contribution in [2.24, 2.45) is 0 Å². The van der Waals surface area contributed by atoms with Crippen LogP contribution in [0.1, 0.15) is 17.2 Å². The SMILES string of the molecule is COc1ccccc1Oc1ncnc(N2CCN(C(c3ccccc3)c3ccccc3)CC2)c1N. The van der Waals surface area contributed by atoms with Crippen molar-refractivity contribution >= 4 is 11.5 Å². The zero-order valence-corrected chi connectivity index (χ0v) is 19.7. The number of hydrogen-bond acceptors (Lipinski definition) is 7. The van der Waals surface area contributed by atoms with Crippen molar-refractivity contribution in [3.63, 3.8) is 0 Å². The lowest BCUT2D eigenvalue weighted by Crippen LogP contribution is -2.48. The van der Waals surface area contributed by atoms with Crippen molar-refractivity contribution in [1.29, 1.82) is 0 Å². The number of para-hydroxylation sites is 2. The first-order valence-electron chi connectivity index (χ1n) is 11.7. The van der Waals surface area contributed by atoms with E-state index in [9.17, 15) is 0 Å². The highest BCUT2D eigenvalue weighted by Crippen LogP contribution is 2.36. The van der Waals surface area contributed by atoms with Gasteiger partial charge in [-0.2, -0.15) is 4.98 Å². The number of nitrogen functional groups attached to an aromatic ring is 1.